The molecule has 0 aliphatic rings. The predicted molar refractivity (Wildman–Crippen MR) is 42.3 cm³/mol. The van der Waals surface area contributed by atoms with Crippen LogP contribution in [-0.4, -0.2) is 32.1 Å². The van der Waals surface area contributed by atoms with E-state index in [4.69, 9.17) is 5.73 Å². The third-order valence-corrected chi connectivity index (χ3v) is 0.809. The van der Waals surface area contributed by atoms with Gasteiger partial charge in [-0.05, 0) is 33.6 Å². The Morgan fingerprint density at radius 1 is 1.22 bits per heavy atom. The fourth-order valence-corrected chi connectivity index (χ4v) is 0.408. The van der Waals surface area contributed by atoms with Gasteiger partial charge in [0, 0.05) is 0 Å². The van der Waals surface area contributed by atoms with E-state index in [0.29, 0.717) is 0 Å². The van der Waals surface area contributed by atoms with Crippen LogP contribution >= 0.6 is 0 Å². The van der Waals surface area contributed by atoms with Gasteiger partial charge >= 0.3 is 0 Å². The number of nitrogens with zero attached hydrogens (tertiary/aromatic N) is 1. The topological polar surface area (TPSA) is 99.3 Å². The first-order valence-corrected chi connectivity index (χ1v) is 2.62. The Morgan fingerprint density at radius 3 is 1.78 bits per heavy atom. The minimum Gasteiger partial charge on any atom is -0.344 e. The number of hydrogen-bond donors (Lipinski definition) is 3. The lowest BCUT2D eigenvalue weighted by atomic mass is 10.4. The van der Waals surface area contributed by atoms with E-state index in [-0.39, 0.29) is 12.3 Å². The lowest BCUT2D eigenvalue weighted by molar-refractivity contribution is 0.403. The molecule has 8 N–H and O–H groups in total. The van der Waals surface area contributed by atoms with Crippen LogP contribution in [0, 0.1) is 0 Å². The first-order chi connectivity index (χ1) is 3.27. The molecule has 0 aromatic carbocycles. The van der Waals surface area contributed by atoms with E-state index in [0.717, 1.165) is 19.5 Å². The molecule has 0 saturated carbocycles. The van der Waals surface area contributed by atoms with Gasteiger partial charge in [-0.3, -0.25) is 0 Å². The van der Waals surface area contributed by atoms with Gasteiger partial charge in [0.05, 0.1) is 0 Å². The normalized spacial score (nSPS) is 8.00. The van der Waals surface area contributed by atoms with Crippen molar-refractivity contribution in [3.63, 3.8) is 0 Å². The third kappa shape index (κ3) is 18.1. The van der Waals surface area contributed by atoms with Crippen molar-refractivity contribution < 1.29 is 0 Å². The summed E-state index contributed by atoms with van der Waals surface area (Å²) in [5, 5.41) is 0. The van der Waals surface area contributed by atoms with Gasteiger partial charge in [0.15, 0.2) is 0 Å². The highest BCUT2D eigenvalue weighted by atomic mass is 15.0. The van der Waals surface area contributed by atoms with Crippen LogP contribution in [0.5, 0.6) is 0 Å². The largest absolute Gasteiger partial charge is 0.344 e. The molecule has 9 heavy (non-hydrogen) atoms. The van der Waals surface area contributed by atoms with Gasteiger partial charge in [0.25, 0.3) is 0 Å². The Hall–Kier alpha value is -0.160. The molecule has 0 unspecified atom stereocenters. The molecular weight excluding hydrogens is 116 g/mol. The first-order valence-electron chi connectivity index (χ1n) is 2.62. The Morgan fingerprint density at radius 2 is 1.67 bits per heavy atom. The molecule has 0 spiro atoms. The summed E-state index contributed by atoms with van der Waals surface area (Å²) in [4.78, 5) is 2.13. The second-order valence-electron chi connectivity index (χ2n) is 1.95. The molecule has 0 atom stereocenters. The molecule has 0 radical (unpaired) electrons. The Balaban J connectivity index is -0.000000180. The monoisotopic (exact) mass is 136 g/mol. The predicted octanol–water partition coefficient (Wildman–Crippen LogP) is 0.221. The zero-order chi connectivity index (χ0) is 5.70. The van der Waals surface area contributed by atoms with Crippen LogP contribution in [0.25, 0.3) is 0 Å². The quantitative estimate of drug-likeness (QED) is 0.516. The number of rotatable bonds is 3. The van der Waals surface area contributed by atoms with Crippen LogP contribution in [0.3, 0.4) is 0 Å². The van der Waals surface area contributed by atoms with E-state index in [2.05, 4.69) is 19.0 Å². The molecule has 0 aliphatic heterocycles. The number of nitrogens with two attached hydrogens (primary N) is 1. The summed E-state index contributed by atoms with van der Waals surface area (Å²) < 4.78 is 0. The summed E-state index contributed by atoms with van der Waals surface area (Å²) in [6, 6.07) is 0. The van der Waals surface area contributed by atoms with Gasteiger partial charge in [-0.2, -0.15) is 0 Å². The SMILES string of the molecule is CN(C)CCCN.N.N. The highest BCUT2D eigenvalue weighted by Gasteiger charge is 1.83. The summed E-state index contributed by atoms with van der Waals surface area (Å²) in [6.45, 7) is 1.91. The molecule has 4 heteroatoms. The summed E-state index contributed by atoms with van der Waals surface area (Å²) in [5.74, 6) is 0. The van der Waals surface area contributed by atoms with E-state index in [9.17, 15) is 0 Å². The van der Waals surface area contributed by atoms with Crippen molar-refractivity contribution >= 4 is 0 Å². The van der Waals surface area contributed by atoms with Gasteiger partial charge in [-0.25, -0.2) is 0 Å². The molecule has 0 heterocycles. The van der Waals surface area contributed by atoms with Crippen LogP contribution < -0.4 is 18.0 Å². The Labute approximate surface area is 57.6 Å². The second kappa shape index (κ2) is 10.8. The van der Waals surface area contributed by atoms with Crippen LogP contribution in [0.4, 0.5) is 0 Å². The van der Waals surface area contributed by atoms with Crippen molar-refractivity contribution in [3.8, 4) is 0 Å². The molecule has 0 fully saturated rings. The molecule has 0 bridgehead atoms. The first kappa shape index (κ1) is 15.9. The van der Waals surface area contributed by atoms with E-state index in [1.54, 1.807) is 0 Å². The van der Waals surface area contributed by atoms with Crippen LogP contribution in [0.15, 0.2) is 0 Å². The zero-order valence-electron chi connectivity index (χ0n) is 6.56. The summed E-state index contributed by atoms with van der Waals surface area (Å²) >= 11 is 0. The van der Waals surface area contributed by atoms with Gasteiger partial charge in [0.2, 0.25) is 0 Å². The highest BCUT2D eigenvalue weighted by molar-refractivity contribution is 4.42. The molecule has 60 valence electrons. The van der Waals surface area contributed by atoms with Crippen LogP contribution in [-0.2, 0) is 0 Å². The van der Waals surface area contributed by atoms with Gasteiger partial charge in [-0.15, -0.1) is 0 Å². The second-order valence-corrected chi connectivity index (χ2v) is 1.95. The third-order valence-electron chi connectivity index (χ3n) is 0.809. The molecular formula is C5H20N4. The lowest BCUT2D eigenvalue weighted by Gasteiger charge is -2.05. The van der Waals surface area contributed by atoms with E-state index >= 15 is 0 Å². The minimum atomic E-state index is 0. The van der Waals surface area contributed by atoms with Gasteiger partial charge in [-0.1, -0.05) is 0 Å². The van der Waals surface area contributed by atoms with E-state index in [1.165, 1.54) is 0 Å². The summed E-state index contributed by atoms with van der Waals surface area (Å²) in [7, 11) is 4.10. The summed E-state index contributed by atoms with van der Waals surface area (Å²) in [5.41, 5.74) is 5.25. The van der Waals surface area contributed by atoms with Crippen molar-refractivity contribution in [1.29, 1.82) is 0 Å². The molecule has 0 saturated heterocycles. The van der Waals surface area contributed by atoms with Gasteiger partial charge in [0.1, 0.15) is 0 Å². The highest BCUT2D eigenvalue weighted by Crippen LogP contribution is 1.76. The van der Waals surface area contributed by atoms with E-state index < -0.39 is 0 Å². The van der Waals surface area contributed by atoms with Gasteiger partial charge < -0.3 is 22.9 Å². The molecule has 0 rings (SSSR count). The zero-order valence-corrected chi connectivity index (χ0v) is 6.56. The smallest absolute Gasteiger partial charge is 0.00128 e. The lowest BCUT2D eigenvalue weighted by Crippen LogP contribution is -2.16. The maximum absolute atomic E-state index is 5.25. The molecule has 0 aromatic heterocycles. The number of hydrogen-bond acceptors (Lipinski definition) is 4. The summed E-state index contributed by atoms with van der Waals surface area (Å²) in [6.07, 6.45) is 1.10. The molecule has 4 nitrogen and oxygen atoms in total. The van der Waals surface area contributed by atoms with Crippen molar-refractivity contribution in [3.05, 3.63) is 0 Å². The standard InChI is InChI=1S/C5H14N2.2H3N/c1-7(2)5-3-4-6;;/h3-6H2,1-2H3;2*1H3. The van der Waals surface area contributed by atoms with Crippen molar-refractivity contribution in [2.24, 2.45) is 5.73 Å². The van der Waals surface area contributed by atoms with Crippen molar-refractivity contribution in [2.45, 2.75) is 6.42 Å². The fourth-order valence-electron chi connectivity index (χ4n) is 0.408. The molecule has 0 aliphatic carbocycles. The fraction of sp³-hybridized carbons (Fsp3) is 1.00. The maximum atomic E-state index is 5.25. The van der Waals surface area contributed by atoms with Crippen LogP contribution in [0.1, 0.15) is 6.42 Å². The maximum Gasteiger partial charge on any atom is -0.00128 e. The minimum absolute atomic E-state index is 0. The van der Waals surface area contributed by atoms with Crippen molar-refractivity contribution in [2.75, 3.05) is 27.2 Å². The van der Waals surface area contributed by atoms with Crippen molar-refractivity contribution in [1.82, 2.24) is 17.2 Å². The molecule has 0 amide bonds. The molecule has 0 aromatic rings. The Bertz CT molecular complexity index is 37.9. The average molecular weight is 136 g/mol. The Kier molecular flexibility index (Phi) is 19.0. The van der Waals surface area contributed by atoms with E-state index in [1.807, 2.05) is 0 Å². The van der Waals surface area contributed by atoms with Crippen LogP contribution in [0.2, 0.25) is 0 Å². The average Bonchev–Trinajstić information content (AvgIpc) is 1.61.